The van der Waals surface area contributed by atoms with Gasteiger partial charge in [0.25, 0.3) is 0 Å². The predicted octanol–water partition coefficient (Wildman–Crippen LogP) is 4.11. The monoisotopic (exact) mass is 616 g/mol. The van der Waals surface area contributed by atoms with Crippen molar-refractivity contribution in [2.45, 2.75) is 116 Å². The summed E-state index contributed by atoms with van der Waals surface area (Å²) in [6.07, 6.45) is 2.77. The predicted molar refractivity (Wildman–Crippen MR) is 158 cm³/mol. The van der Waals surface area contributed by atoms with Gasteiger partial charge < -0.3 is 30.0 Å². The van der Waals surface area contributed by atoms with Crippen molar-refractivity contribution in [2.24, 2.45) is 29.6 Å². The molecule has 2 bridgehead atoms. The largest absolute Gasteiger partial charge is 0.508 e. The van der Waals surface area contributed by atoms with Gasteiger partial charge in [0.2, 0.25) is 23.9 Å². The maximum Gasteiger partial charge on any atom is 0.308 e. The van der Waals surface area contributed by atoms with E-state index in [2.05, 4.69) is 17.6 Å². The number of benzene rings is 1. The molecule has 0 radical (unpaired) electrons. The van der Waals surface area contributed by atoms with Gasteiger partial charge in [-0.15, -0.1) is 0 Å². The fourth-order valence-corrected chi connectivity index (χ4v) is 7.50. The molecule has 244 valence electrons. The molecule has 1 saturated carbocycles. The van der Waals surface area contributed by atoms with Crippen LogP contribution in [-0.4, -0.2) is 59.4 Å². The Hall–Kier alpha value is -2.73. The maximum atomic E-state index is 13.0. The summed E-state index contributed by atoms with van der Waals surface area (Å²) in [6, 6.07) is 6.09. The van der Waals surface area contributed by atoms with Gasteiger partial charge in [-0.1, -0.05) is 39.8 Å². The van der Waals surface area contributed by atoms with E-state index >= 15 is 0 Å². The summed E-state index contributed by atoms with van der Waals surface area (Å²) >= 11 is 0. The van der Waals surface area contributed by atoms with Gasteiger partial charge in [-0.25, -0.2) is 9.78 Å². The zero-order valence-corrected chi connectivity index (χ0v) is 26.5. The molecule has 3 N–H and O–H groups in total. The van der Waals surface area contributed by atoms with Gasteiger partial charge in [0.1, 0.15) is 11.8 Å². The van der Waals surface area contributed by atoms with Crippen molar-refractivity contribution in [1.29, 1.82) is 0 Å². The normalized spacial score (nSPS) is 34.9. The topological polar surface area (TPSA) is 142 Å². The fourth-order valence-electron chi connectivity index (χ4n) is 7.50. The number of aromatic hydroxyl groups is 1. The van der Waals surface area contributed by atoms with Crippen LogP contribution in [0.4, 0.5) is 0 Å². The van der Waals surface area contributed by atoms with Crippen molar-refractivity contribution in [3.8, 4) is 5.75 Å². The number of amides is 2. The first kappa shape index (κ1) is 32.7. The Kier molecular flexibility index (Phi) is 9.89. The zero-order chi connectivity index (χ0) is 31.6. The molecule has 0 aromatic heterocycles. The minimum atomic E-state index is -0.922. The number of phenols is 1. The van der Waals surface area contributed by atoms with Crippen LogP contribution in [0.15, 0.2) is 24.3 Å². The average molecular weight is 617 g/mol. The Morgan fingerprint density at radius 3 is 2.52 bits per heavy atom. The SMILES string of the molecule is CC(C)CC(NC(=O)CCC(=O)OC1OC2OC3(C)CCC4C(C)CCC(C1C)C24OO3)C(=O)NCCc1ccc(O)cc1. The van der Waals surface area contributed by atoms with Crippen LogP contribution in [0.5, 0.6) is 5.75 Å². The van der Waals surface area contributed by atoms with Crippen LogP contribution in [0.25, 0.3) is 0 Å². The summed E-state index contributed by atoms with van der Waals surface area (Å²) in [5, 5.41) is 15.1. The third-order valence-electron chi connectivity index (χ3n) is 9.91. The highest BCUT2D eigenvalue weighted by molar-refractivity contribution is 5.88. The molecule has 1 aromatic rings. The number of esters is 1. The number of hydrogen-bond donors (Lipinski definition) is 3. The molecule has 2 amide bonds. The standard InChI is InChI=1S/C33H48N2O9/c1-19(2)18-26(29(39)34-17-15-22-7-9-23(36)10-8-22)35-27(37)12-13-28(38)40-30-21(4)25-11-6-20(3)24-14-16-32(5)42-31(41-30)33(24,25)44-43-32/h7-10,19-21,24-26,30-31,36H,6,11-18H2,1-5H3,(H,34,39)(H,35,37). The maximum absolute atomic E-state index is 13.0. The van der Waals surface area contributed by atoms with E-state index in [1.807, 2.05) is 27.7 Å². The third-order valence-corrected chi connectivity index (χ3v) is 9.91. The molecular formula is C33H48N2O9. The molecule has 5 fully saturated rings. The molecule has 4 aliphatic heterocycles. The number of carbonyl (C=O) groups is 3. The average Bonchev–Trinajstić information content (AvgIpc) is 3.20. The van der Waals surface area contributed by atoms with E-state index in [1.54, 1.807) is 24.3 Å². The molecule has 11 heteroatoms. The zero-order valence-electron chi connectivity index (χ0n) is 26.5. The van der Waals surface area contributed by atoms with Crippen LogP contribution < -0.4 is 10.6 Å². The van der Waals surface area contributed by atoms with E-state index in [9.17, 15) is 19.5 Å². The Bertz CT molecular complexity index is 1190. The van der Waals surface area contributed by atoms with Crippen LogP contribution >= 0.6 is 0 Å². The molecule has 9 atom stereocenters. The lowest BCUT2D eigenvalue weighted by Crippen LogP contribution is -2.70. The Balaban J connectivity index is 1.13. The molecule has 4 saturated heterocycles. The summed E-state index contributed by atoms with van der Waals surface area (Å²) < 4.78 is 18.4. The molecule has 4 heterocycles. The van der Waals surface area contributed by atoms with E-state index < -0.39 is 41.9 Å². The van der Waals surface area contributed by atoms with Gasteiger partial charge in [-0.3, -0.25) is 14.4 Å². The van der Waals surface area contributed by atoms with Gasteiger partial charge in [0, 0.05) is 31.2 Å². The van der Waals surface area contributed by atoms with Gasteiger partial charge in [0.15, 0.2) is 11.9 Å². The number of phenolic OH excluding ortho intramolecular Hbond substituents is 1. The Morgan fingerprint density at radius 2 is 1.80 bits per heavy atom. The lowest BCUT2D eigenvalue weighted by Gasteiger charge is -2.59. The summed E-state index contributed by atoms with van der Waals surface area (Å²) in [4.78, 5) is 50.7. The number of rotatable bonds is 11. The van der Waals surface area contributed by atoms with E-state index in [1.165, 1.54) is 0 Å². The van der Waals surface area contributed by atoms with Gasteiger partial charge in [-0.05, 0) is 74.5 Å². The summed E-state index contributed by atoms with van der Waals surface area (Å²) in [5.41, 5.74) is 0.231. The number of nitrogens with one attached hydrogen (secondary N) is 2. The van der Waals surface area contributed by atoms with Crippen molar-refractivity contribution in [3.63, 3.8) is 0 Å². The lowest BCUT2D eigenvalue weighted by molar-refractivity contribution is -0.576. The lowest BCUT2D eigenvalue weighted by atomic mass is 9.58. The van der Waals surface area contributed by atoms with Gasteiger partial charge >= 0.3 is 5.97 Å². The Labute approximate surface area is 259 Å². The first-order valence-corrected chi connectivity index (χ1v) is 16.1. The number of ether oxygens (including phenoxy) is 3. The molecule has 11 nitrogen and oxygen atoms in total. The van der Waals surface area contributed by atoms with Crippen molar-refractivity contribution >= 4 is 17.8 Å². The van der Waals surface area contributed by atoms with Gasteiger partial charge in [-0.2, -0.15) is 0 Å². The van der Waals surface area contributed by atoms with Gasteiger partial charge in [0.05, 0.1) is 6.42 Å². The summed E-state index contributed by atoms with van der Waals surface area (Å²) in [5.74, 6) is -1.28. The van der Waals surface area contributed by atoms with E-state index in [4.69, 9.17) is 24.0 Å². The highest BCUT2D eigenvalue weighted by Gasteiger charge is 2.69. The second kappa shape index (κ2) is 13.3. The number of fused-ring (bicyclic) bond motifs is 2. The van der Waals surface area contributed by atoms with E-state index in [-0.39, 0.29) is 48.2 Å². The summed E-state index contributed by atoms with van der Waals surface area (Å²) in [6.45, 7) is 10.4. The molecule has 1 aromatic carbocycles. The Morgan fingerprint density at radius 1 is 1.05 bits per heavy atom. The first-order valence-electron chi connectivity index (χ1n) is 16.1. The number of hydrogen-bond acceptors (Lipinski definition) is 9. The van der Waals surface area contributed by atoms with Crippen LogP contribution in [0, 0.1) is 29.6 Å². The molecule has 44 heavy (non-hydrogen) atoms. The van der Waals surface area contributed by atoms with Crippen LogP contribution in [0.3, 0.4) is 0 Å². The minimum absolute atomic E-state index is 0.0237. The molecule has 9 unspecified atom stereocenters. The fraction of sp³-hybridized carbons (Fsp3) is 0.727. The molecule has 5 aliphatic rings. The first-order chi connectivity index (χ1) is 20.9. The summed E-state index contributed by atoms with van der Waals surface area (Å²) in [7, 11) is 0. The van der Waals surface area contributed by atoms with Crippen molar-refractivity contribution < 1.29 is 43.5 Å². The van der Waals surface area contributed by atoms with Crippen molar-refractivity contribution in [2.75, 3.05) is 6.54 Å². The van der Waals surface area contributed by atoms with E-state index in [0.717, 1.165) is 24.8 Å². The second-order valence-corrected chi connectivity index (χ2v) is 13.7. The molecule has 1 aliphatic carbocycles. The smallest absolute Gasteiger partial charge is 0.308 e. The van der Waals surface area contributed by atoms with Crippen molar-refractivity contribution in [3.05, 3.63) is 29.8 Å². The van der Waals surface area contributed by atoms with Crippen LogP contribution in [0.1, 0.15) is 85.1 Å². The second-order valence-electron chi connectivity index (χ2n) is 13.7. The quantitative estimate of drug-likeness (QED) is 0.247. The van der Waals surface area contributed by atoms with E-state index in [0.29, 0.717) is 31.7 Å². The van der Waals surface area contributed by atoms with Crippen LogP contribution in [-0.2, 0) is 44.8 Å². The molecule has 1 spiro atoms. The number of carbonyl (C=O) groups excluding carboxylic acids is 3. The highest BCUT2D eigenvalue weighted by atomic mass is 17.3. The highest BCUT2D eigenvalue weighted by Crippen LogP contribution is 2.60. The molecule has 6 rings (SSSR count). The molecular weight excluding hydrogens is 568 g/mol. The van der Waals surface area contributed by atoms with Crippen LogP contribution in [0.2, 0.25) is 0 Å². The minimum Gasteiger partial charge on any atom is -0.508 e. The van der Waals surface area contributed by atoms with Crippen molar-refractivity contribution in [1.82, 2.24) is 10.6 Å². The third kappa shape index (κ3) is 6.90.